The number of sulfone groups is 1. The number of ether oxygens (including phenoxy) is 1. The number of nitrogens with zero attached hydrogens (tertiary/aromatic N) is 1. The summed E-state index contributed by atoms with van der Waals surface area (Å²) in [6, 6.07) is 7.91. The van der Waals surface area contributed by atoms with Crippen LogP contribution in [0.4, 0.5) is 0 Å². The molecule has 1 heterocycles. The lowest BCUT2D eigenvalue weighted by atomic mass is 9.87. The van der Waals surface area contributed by atoms with Gasteiger partial charge < -0.3 is 9.84 Å². The van der Waals surface area contributed by atoms with Crippen molar-refractivity contribution >= 4 is 9.84 Å². The maximum atomic E-state index is 11.5. The van der Waals surface area contributed by atoms with Gasteiger partial charge in [0.2, 0.25) is 0 Å². The Kier molecular flexibility index (Phi) is 5.94. The van der Waals surface area contributed by atoms with Gasteiger partial charge in [0.25, 0.3) is 0 Å². The highest BCUT2D eigenvalue weighted by atomic mass is 32.2. The molecule has 0 amide bonds. The number of aliphatic hydroxyl groups is 1. The van der Waals surface area contributed by atoms with Crippen LogP contribution in [0.2, 0.25) is 0 Å². The van der Waals surface area contributed by atoms with Crippen molar-refractivity contribution in [3.05, 3.63) is 29.8 Å². The van der Waals surface area contributed by atoms with Gasteiger partial charge in [0.05, 0.1) is 11.5 Å². The molecule has 5 nitrogen and oxygen atoms in total. The molecule has 6 heteroatoms. The summed E-state index contributed by atoms with van der Waals surface area (Å²) in [7, 11) is -1.05. The van der Waals surface area contributed by atoms with Gasteiger partial charge in [-0.2, -0.15) is 0 Å². The first-order valence-electron chi connectivity index (χ1n) is 8.39. The Bertz CT molecular complexity index is 634. The monoisotopic (exact) mass is 355 g/mol. The van der Waals surface area contributed by atoms with E-state index in [1.54, 1.807) is 0 Å². The Hall–Kier alpha value is -1.11. The quantitative estimate of drug-likeness (QED) is 0.843. The average molecular weight is 356 g/mol. The fourth-order valence-corrected chi connectivity index (χ4v) is 4.71. The van der Waals surface area contributed by atoms with Gasteiger partial charge in [-0.15, -0.1) is 0 Å². The molecule has 0 unspecified atom stereocenters. The predicted octanol–water partition coefficient (Wildman–Crippen LogP) is 1.84. The van der Waals surface area contributed by atoms with Crippen LogP contribution < -0.4 is 4.74 Å². The lowest BCUT2D eigenvalue weighted by molar-refractivity contribution is 0.0664. The predicted molar refractivity (Wildman–Crippen MR) is 96.3 cm³/mol. The summed E-state index contributed by atoms with van der Waals surface area (Å²) in [6.07, 6.45) is -0.0127. The zero-order chi connectivity index (χ0) is 18.0. The minimum atomic E-state index is -2.90. The van der Waals surface area contributed by atoms with Crippen molar-refractivity contribution in [3.8, 4) is 5.75 Å². The average Bonchev–Trinajstić information content (AvgIpc) is 2.85. The van der Waals surface area contributed by atoms with Crippen LogP contribution in [0.15, 0.2) is 24.3 Å². The van der Waals surface area contributed by atoms with Crippen molar-refractivity contribution in [1.82, 2.24) is 4.90 Å². The summed E-state index contributed by atoms with van der Waals surface area (Å²) >= 11 is 0. The van der Waals surface area contributed by atoms with E-state index in [2.05, 4.69) is 20.8 Å². The summed E-state index contributed by atoms with van der Waals surface area (Å²) < 4.78 is 28.7. The molecular weight excluding hydrogens is 326 g/mol. The summed E-state index contributed by atoms with van der Waals surface area (Å²) in [5.41, 5.74) is 1.33. The second kappa shape index (κ2) is 7.42. The Balaban J connectivity index is 1.79. The van der Waals surface area contributed by atoms with E-state index in [1.165, 1.54) is 5.56 Å². The van der Waals surface area contributed by atoms with Crippen LogP contribution in [-0.2, 0) is 15.3 Å². The Morgan fingerprint density at radius 1 is 1.29 bits per heavy atom. The van der Waals surface area contributed by atoms with Gasteiger partial charge >= 0.3 is 0 Å². The molecule has 2 atom stereocenters. The van der Waals surface area contributed by atoms with E-state index in [1.807, 2.05) is 36.2 Å². The highest BCUT2D eigenvalue weighted by molar-refractivity contribution is 7.91. The molecule has 1 N–H and O–H groups in total. The minimum Gasteiger partial charge on any atom is -0.491 e. The van der Waals surface area contributed by atoms with Crippen LogP contribution in [0.25, 0.3) is 0 Å². The number of aliphatic hydroxyl groups excluding tert-OH is 1. The number of benzene rings is 1. The summed E-state index contributed by atoms with van der Waals surface area (Å²) in [5, 5.41) is 10.1. The van der Waals surface area contributed by atoms with Gasteiger partial charge in [-0.05, 0) is 36.6 Å². The Labute approximate surface area is 145 Å². The molecular formula is C18H29NO4S. The maximum absolute atomic E-state index is 11.5. The number of likely N-dealkylation sites (N-methyl/N-ethyl adjacent to an activating group) is 1. The van der Waals surface area contributed by atoms with E-state index in [-0.39, 0.29) is 29.6 Å². The first-order chi connectivity index (χ1) is 11.1. The van der Waals surface area contributed by atoms with E-state index < -0.39 is 15.9 Å². The second-order valence-corrected chi connectivity index (χ2v) is 9.96. The molecule has 2 rings (SSSR count). The topological polar surface area (TPSA) is 66.8 Å². The molecule has 0 aromatic heterocycles. The van der Waals surface area contributed by atoms with Crippen molar-refractivity contribution in [2.75, 3.05) is 31.7 Å². The fraction of sp³-hybridized carbons (Fsp3) is 0.667. The third kappa shape index (κ3) is 5.46. The lowest BCUT2D eigenvalue weighted by Gasteiger charge is -2.25. The van der Waals surface area contributed by atoms with Gasteiger partial charge in [0.15, 0.2) is 9.84 Å². The van der Waals surface area contributed by atoms with E-state index in [0.717, 1.165) is 5.75 Å². The molecule has 1 aliphatic heterocycles. The normalized spacial score (nSPS) is 21.8. The first kappa shape index (κ1) is 19.2. The molecule has 24 heavy (non-hydrogen) atoms. The van der Waals surface area contributed by atoms with Crippen molar-refractivity contribution < 1.29 is 18.3 Å². The third-order valence-electron chi connectivity index (χ3n) is 4.49. The van der Waals surface area contributed by atoms with Crippen LogP contribution in [0.1, 0.15) is 32.8 Å². The molecule has 136 valence electrons. The molecule has 1 aromatic rings. The standard InChI is InChI=1S/C18H29NO4S/c1-18(2,3)14-5-7-17(8-6-14)23-12-16(20)11-19(4)15-9-10-24(21,22)13-15/h5-8,15-16,20H,9-13H2,1-4H3/t15-,16-/m1/s1. The fourth-order valence-electron chi connectivity index (χ4n) is 2.90. The van der Waals surface area contributed by atoms with E-state index in [9.17, 15) is 13.5 Å². The number of rotatable bonds is 6. The van der Waals surface area contributed by atoms with Crippen LogP contribution in [0.5, 0.6) is 5.75 Å². The summed E-state index contributed by atoms with van der Waals surface area (Å²) in [4.78, 5) is 1.92. The zero-order valence-electron chi connectivity index (χ0n) is 15.0. The molecule has 1 fully saturated rings. The molecule has 0 aliphatic carbocycles. The van der Waals surface area contributed by atoms with Gasteiger partial charge in [-0.3, -0.25) is 4.90 Å². The molecule has 0 saturated carbocycles. The molecule has 0 bridgehead atoms. The van der Waals surface area contributed by atoms with Crippen molar-refractivity contribution in [1.29, 1.82) is 0 Å². The van der Waals surface area contributed by atoms with Gasteiger partial charge in [0, 0.05) is 12.6 Å². The lowest BCUT2D eigenvalue weighted by Crippen LogP contribution is -2.40. The minimum absolute atomic E-state index is 0.00396. The third-order valence-corrected chi connectivity index (χ3v) is 6.24. The van der Waals surface area contributed by atoms with Gasteiger partial charge in [-0.25, -0.2) is 8.42 Å². The van der Waals surface area contributed by atoms with Gasteiger partial charge in [-0.1, -0.05) is 32.9 Å². The van der Waals surface area contributed by atoms with E-state index >= 15 is 0 Å². The Morgan fingerprint density at radius 2 is 1.92 bits per heavy atom. The van der Waals surface area contributed by atoms with Crippen molar-refractivity contribution in [2.24, 2.45) is 0 Å². The highest BCUT2D eigenvalue weighted by Gasteiger charge is 2.31. The van der Waals surface area contributed by atoms with Crippen molar-refractivity contribution in [3.63, 3.8) is 0 Å². The summed E-state index contributed by atoms with van der Waals surface area (Å²) in [5.74, 6) is 1.16. The van der Waals surface area contributed by atoms with Crippen LogP contribution in [0, 0.1) is 0 Å². The molecule has 1 saturated heterocycles. The first-order valence-corrected chi connectivity index (χ1v) is 10.2. The maximum Gasteiger partial charge on any atom is 0.151 e. The molecule has 0 radical (unpaired) electrons. The SMILES string of the molecule is CN(C[C@@H](O)COc1ccc(C(C)(C)C)cc1)[C@@H]1CCS(=O)(=O)C1. The van der Waals surface area contributed by atoms with E-state index in [0.29, 0.717) is 13.0 Å². The summed E-state index contributed by atoms with van der Waals surface area (Å²) in [6.45, 7) is 7.07. The smallest absolute Gasteiger partial charge is 0.151 e. The molecule has 1 aromatic carbocycles. The van der Waals surface area contributed by atoms with Crippen LogP contribution in [-0.4, -0.2) is 62.3 Å². The second-order valence-electron chi connectivity index (χ2n) is 7.74. The number of hydrogen-bond acceptors (Lipinski definition) is 5. The highest BCUT2D eigenvalue weighted by Crippen LogP contribution is 2.24. The van der Waals surface area contributed by atoms with Crippen molar-refractivity contribution in [2.45, 2.75) is 44.8 Å². The molecule has 0 spiro atoms. The zero-order valence-corrected chi connectivity index (χ0v) is 15.8. The molecule has 1 aliphatic rings. The largest absolute Gasteiger partial charge is 0.491 e. The van der Waals surface area contributed by atoms with Gasteiger partial charge in [0.1, 0.15) is 18.5 Å². The van der Waals surface area contributed by atoms with Crippen LogP contribution in [0.3, 0.4) is 0 Å². The van der Waals surface area contributed by atoms with Crippen LogP contribution >= 0.6 is 0 Å². The number of hydrogen-bond donors (Lipinski definition) is 1. The Morgan fingerprint density at radius 3 is 2.42 bits per heavy atom. The van der Waals surface area contributed by atoms with E-state index in [4.69, 9.17) is 4.74 Å².